The highest BCUT2D eigenvalue weighted by atomic mass is 16.5. The van der Waals surface area contributed by atoms with Crippen molar-refractivity contribution < 1.29 is 9.94 Å². The summed E-state index contributed by atoms with van der Waals surface area (Å²) in [6, 6.07) is 0.167. The molecule has 0 bridgehead atoms. The number of H-pyrrole nitrogens is 1. The van der Waals surface area contributed by atoms with Crippen molar-refractivity contribution in [3.8, 4) is 0 Å². The molecule has 0 radical (unpaired) electrons. The van der Waals surface area contributed by atoms with Gasteiger partial charge in [0.05, 0.1) is 23.9 Å². The molecular formula is C29H43N3O2. The molecule has 2 N–H and O–H groups in total. The van der Waals surface area contributed by atoms with Crippen molar-refractivity contribution in [3.63, 3.8) is 0 Å². The predicted molar refractivity (Wildman–Crippen MR) is 131 cm³/mol. The van der Waals surface area contributed by atoms with Crippen molar-refractivity contribution >= 4 is 0 Å². The van der Waals surface area contributed by atoms with Crippen LogP contribution in [0.15, 0.2) is 17.3 Å². The standard InChI is InChI=1S/C29H43N3O2/c1-16-9-26-27(32(33)15-16)18(3)29(34-26)8-7-21-22-6-5-20-10-25-19(14-30-31-25)13-28(20,4)24(22)11-23(21)17(2)12-29/h14,16,18,20-22,24,26-27,33H,5-13,15H2,1-4H3,(H,30,31)/t16?,18-,20?,21?,22+,24?,26?,27?,28+,29?/m1/s1. The van der Waals surface area contributed by atoms with Crippen LogP contribution in [-0.2, 0) is 17.6 Å². The summed E-state index contributed by atoms with van der Waals surface area (Å²) >= 11 is 0. The van der Waals surface area contributed by atoms with Gasteiger partial charge in [-0.2, -0.15) is 10.2 Å². The number of nitrogens with zero attached hydrogens (tertiary/aromatic N) is 2. The lowest BCUT2D eigenvalue weighted by Gasteiger charge is -2.52. The third-order valence-corrected chi connectivity index (χ3v) is 12.0. The van der Waals surface area contributed by atoms with Gasteiger partial charge in [0.2, 0.25) is 0 Å². The number of hydrogen-bond donors (Lipinski definition) is 2. The maximum absolute atomic E-state index is 10.8. The van der Waals surface area contributed by atoms with E-state index in [0.717, 1.165) is 49.5 Å². The highest BCUT2D eigenvalue weighted by molar-refractivity contribution is 5.32. The van der Waals surface area contributed by atoms with E-state index in [1.807, 2.05) is 0 Å². The van der Waals surface area contributed by atoms with Crippen LogP contribution < -0.4 is 0 Å². The van der Waals surface area contributed by atoms with E-state index in [1.165, 1.54) is 49.8 Å². The molecule has 0 aromatic carbocycles. The Bertz CT molecular complexity index is 1020. The highest BCUT2D eigenvalue weighted by Crippen LogP contribution is 2.64. The molecule has 1 aromatic rings. The summed E-state index contributed by atoms with van der Waals surface area (Å²) in [5, 5.41) is 20.1. The van der Waals surface area contributed by atoms with Crippen LogP contribution in [-0.4, -0.2) is 44.8 Å². The second-order valence-electron chi connectivity index (χ2n) is 13.6. The molecule has 10 atom stereocenters. The summed E-state index contributed by atoms with van der Waals surface area (Å²) < 4.78 is 6.99. The number of ether oxygens (including phenoxy) is 1. The van der Waals surface area contributed by atoms with Gasteiger partial charge in [0, 0.05) is 18.2 Å². The average molecular weight is 466 g/mol. The molecule has 186 valence electrons. The van der Waals surface area contributed by atoms with E-state index in [2.05, 4.69) is 44.1 Å². The van der Waals surface area contributed by atoms with Crippen molar-refractivity contribution in [1.29, 1.82) is 0 Å². The molecule has 34 heavy (non-hydrogen) atoms. The lowest BCUT2D eigenvalue weighted by atomic mass is 9.52. The Kier molecular flexibility index (Phi) is 4.82. The zero-order valence-corrected chi connectivity index (χ0v) is 21.5. The molecule has 7 rings (SSSR count). The van der Waals surface area contributed by atoms with Crippen LogP contribution in [0.1, 0.15) is 83.9 Å². The van der Waals surface area contributed by atoms with Crippen LogP contribution >= 0.6 is 0 Å². The number of nitrogens with one attached hydrogen (secondary N) is 1. The van der Waals surface area contributed by atoms with Crippen molar-refractivity contribution in [2.75, 3.05) is 6.54 Å². The Morgan fingerprint density at radius 1 is 1.18 bits per heavy atom. The smallest absolute Gasteiger partial charge is 0.0768 e. The zero-order chi connectivity index (χ0) is 23.4. The molecule has 6 aliphatic rings. The summed E-state index contributed by atoms with van der Waals surface area (Å²) in [5.74, 6) is 4.08. The maximum Gasteiger partial charge on any atom is 0.0768 e. The lowest BCUT2D eigenvalue weighted by Crippen LogP contribution is -2.50. The van der Waals surface area contributed by atoms with Crippen molar-refractivity contribution in [2.45, 2.75) is 103 Å². The molecule has 0 amide bonds. The number of allylic oxidation sites excluding steroid dienone is 1. The van der Waals surface area contributed by atoms with Gasteiger partial charge in [-0.05, 0) is 105 Å². The van der Waals surface area contributed by atoms with Gasteiger partial charge in [-0.15, -0.1) is 0 Å². The summed E-state index contributed by atoms with van der Waals surface area (Å²) in [7, 11) is 0. The Labute approximate surface area is 204 Å². The molecule has 2 saturated carbocycles. The van der Waals surface area contributed by atoms with Gasteiger partial charge in [0.15, 0.2) is 0 Å². The van der Waals surface area contributed by atoms with Crippen molar-refractivity contribution in [3.05, 3.63) is 28.6 Å². The van der Waals surface area contributed by atoms with Crippen LogP contribution in [0.2, 0.25) is 0 Å². The number of aromatic amines is 1. The number of hydroxylamine groups is 2. The predicted octanol–water partition coefficient (Wildman–Crippen LogP) is 5.55. The van der Waals surface area contributed by atoms with E-state index in [-0.39, 0.29) is 17.7 Å². The fourth-order valence-electron chi connectivity index (χ4n) is 10.2. The van der Waals surface area contributed by atoms with Crippen LogP contribution in [0.4, 0.5) is 0 Å². The quantitative estimate of drug-likeness (QED) is 0.493. The molecule has 5 nitrogen and oxygen atoms in total. The fourth-order valence-corrected chi connectivity index (χ4v) is 10.2. The third kappa shape index (κ3) is 2.93. The van der Waals surface area contributed by atoms with Gasteiger partial charge in [-0.3, -0.25) is 5.10 Å². The normalized spacial score (nSPS) is 50.4. The van der Waals surface area contributed by atoms with E-state index < -0.39 is 0 Å². The monoisotopic (exact) mass is 465 g/mol. The third-order valence-electron chi connectivity index (χ3n) is 12.0. The molecular weight excluding hydrogens is 422 g/mol. The van der Waals surface area contributed by atoms with Crippen LogP contribution in [0.5, 0.6) is 0 Å². The minimum atomic E-state index is -0.0884. The minimum absolute atomic E-state index is 0.0884. The molecule has 5 heteroatoms. The summed E-state index contributed by atoms with van der Waals surface area (Å²) in [4.78, 5) is 0. The molecule has 4 aliphatic carbocycles. The zero-order valence-electron chi connectivity index (χ0n) is 21.5. The summed E-state index contributed by atoms with van der Waals surface area (Å²) in [6.45, 7) is 10.5. The van der Waals surface area contributed by atoms with Crippen molar-refractivity contribution in [1.82, 2.24) is 15.3 Å². The first-order valence-electron chi connectivity index (χ1n) is 14.1. The molecule has 3 heterocycles. The summed E-state index contributed by atoms with van der Waals surface area (Å²) in [5.41, 5.74) is 6.64. The van der Waals surface area contributed by atoms with E-state index in [4.69, 9.17) is 4.74 Å². The molecule has 1 aromatic heterocycles. The number of fused-ring (bicyclic) bond motifs is 7. The number of aromatic nitrogens is 2. The molecule has 2 aliphatic heterocycles. The Morgan fingerprint density at radius 2 is 2.03 bits per heavy atom. The van der Waals surface area contributed by atoms with Crippen LogP contribution in [0, 0.1) is 40.9 Å². The van der Waals surface area contributed by atoms with Gasteiger partial charge in [-0.25, -0.2) is 0 Å². The molecule has 4 fully saturated rings. The second kappa shape index (κ2) is 7.43. The Balaban J connectivity index is 1.19. The largest absolute Gasteiger partial charge is 0.369 e. The van der Waals surface area contributed by atoms with E-state index in [0.29, 0.717) is 17.3 Å². The first kappa shape index (κ1) is 22.1. The van der Waals surface area contributed by atoms with Gasteiger partial charge < -0.3 is 9.94 Å². The van der Waals surface area contributed by atoms with Crippen molar-refractivity contribution in [2.24, 2.45) is 40.9 Å². The average Bonchev–Trinajstić information content (AvgIpc) is 3.42. The maximum atomic E-state index is 10.8. The summed E-state index contributed by atoms with van der Waals surface area (Å²) in [6.07, 6.45) is 13.4. The Morgan fingerprint density at radius 3 is 2.88 bits per heavy atom. The lowest BCUT2D eigenvalue weighted by molar-refractivity contribution is -0.178. The number of rotatable bonds is 0. The SMILES string of the molecule is CC1=C2CC3[C@@H](CCC4Cc5[nH]ncc5C[C@@]43C)C2CCC2(C1)OC1CC(C)CN(O)C1[C@H]2C. The first-order valence-corrected chi connectivity index (χ1v) is 14.1. The topological polar surface area (TPSA) is 61.4 Å². The van der Waals surface area contributed by atoms with E-state index >= 15 is 0 Å². The van der Waals surface area contributed by atoms with E-state index in [9.17, 15) is 5.21 Å². The molecule has 2 saturated heterocycles. The second-order valence-corrected chi connectivity index (χ2v) is 13.6. The first-order chi connectivity index (χ1) is 16.3. The Hall–Kier alpha value is -1.17. The van der Waals surface area contributed by atoms with Gasteiger partial charge >= 0.3 is 0 Å². The highest BCUT2D eigenvalue weighted by Gasteiger charge is 2.60. The van der Waals surface area contributed by atoms with E-state index in [1.54, 1.807) is 16.2 Å². The molecule has 1 spiro atoms. The van der Waals surface area contributed by atoms with Crippen LogP contribution in [0.25, 0.3) is 0 Å². The fraction of sp³-hybridized carbons (Fsp3) is 0.828. The minimum Gasteiger partial charge on any atom is -0.369 e. The van der Waals surface area contributed by atoms with Gasteiger partial charge in [0.25, 0.3) is 0 Å². The molecule has 7 unspecified atom stereocenters. The van der Waals surface area contributed by atoms with Gasteiger partial charge in [-0.1, -0.05) is 31.9 Å². The number of piperidine rings is 1. The van der Waals surface area contributed by atoms with Gasteiger partial charge in [0.1, 0.15) is 0 Å². The van der Waals surface area contributed by atoms with Crippen LogP contribution in [0.3, 0.4) is 0 Å². The number of hydrogen-bond acceptors (Lipinski definition) is 4.